The molecular formula is C22H25NO3. The van der Waals surface area contributed by atoms with Gasteiger partial charge in [0.2, 0.25) is 0 Å². The first kappa shape index (κ1) is 18.1. The van der Waals surface area contributed by atoms with E-state index in [0.29, 0.717) is 12.8 Å². The maximum Gasteiger partial charge on any atom is 0.305 e. The van der Waals surface area contributed by atoms with Gasteiger partial charge in [0.15, 0.2) is 0 Å². The van der Waals surface area contributed by atoms with Crippen molar-refractivity contribution in [1.29, 1.82) is 0 Å². The highest BCUT2D eigenvalue weighted by atomic mass is 16.5. The molecule has 0 aromatic heterocycles. The number of nitrogens with zero attached hydrogens (tertiary/aromatic N) is 1. The minimum absolute atomic E-state index is 0.175. The third-order valence-electron chi connectivity index (χ3n) is 4.50. The van der Waals surface area contributed by atoms with Crippen LogP contribution in [-0.4, -0.2) is 32.3 Å². The third-order valence-corrected chi connectivity index (χ3v) is 4.50. The van der Waals surface area contributed by atoms with Crippen molar-refractivity contribution in [2.75, 3.05) is 25.1 Å². The molecule has 136 valence electrons. The summed E-state index contributed by atoms with van der Waals surface area (Å²) in [6.07, 6.45) is 6.42. The second-order valence-electron chi connectivity index (χ2n) is 6.40. The second kappa shape index (κ2) is 9.09. The predicted molar refractivity (Wildman–Crippen MR) is 104 cm³/mol. The Morgan fingerprint density at radius 3 is 2.65 bits per heavy atom. The van der Waals surface area contributed by atoms with Gasteiger partial charge in [-0.05, 0) is 36.2 Å². The number of methoxy groups -OCH3 is 1. The van der Waals surface area contributed by atoms with E-state index >= 15 is 0 Å². The van der Waals surface area contributed by atoms with Gasteiger partial charge in [-0.3, -0.25) is 4.79 Å². The quantitative estimate of drug-likeness (QED) is 0.697. The van der Waals surface area contributed by atoms with Gasteiger partial charge in [0.1, 0.15) is 11.9 Å². The third kappa shape index (κ3) is 5.12. The average molecular weight is 351 g/mol. The smallest absolute Gasteiger partial charge is 0.305 e. The summed E-state index contributed by atoms with van der Waals surface area (Å²) in [5.41, 5.74) is 2.35. The summed E-state index contributed by atoms with van der Waals surface area (Å²) < 4.78 is 10.7. The van der Waals surface area contributed by atoms with Gasteiger partial charge in [0.05, 0.1) is 13.7 Å². The molecule has 1 atom stereocenters. The molecule has 0 N–H and O–H groups in total. The topological polar surface area (TPSA) is 38.8 Å². The van der Waals surface area contributed by atoms with Gasteiger partial charge in [-0.25, -0.2) is 0 Å². The normalized spacial score (nSPS) is 16.8. The molecule has 2 aromatic carbocycles. The Hall–Kier alpha value is -2.75. The molecule has 1 heterocycles. The Kier molecular flexibility index (Phi) is 6.31. The molecular weight excluding hydrogens is 326 g/mol. The number of allylic oxidation sites excluding steroid dienone is 1. The molecule has 1 fully saturated rings. The summed E-state index contributed by atoms with van der Waals surface area (Å²) >= 11 is 0. The number of ether oxygens (including phenoxy) is 2. The van der Waals surface area contributed by atoms with Crippen LogP contribution in [0.4, 0.5) is 5.69 Å². The minimum Gasteiger partial charge on any atom is -0.489 e. The first-order chi connectivity index (χ1) is 12.7. The van der Waals surface area contributed by atoms with Gasteiger partial charge in [0, 0.05) is 25.1 Å². The molecule has 0 unspecified atom stereocenters. The van der Waals surface area contributed by atoms with Gasteiger partial charge >= 0.3 is 5.97 Å². The van der Waals surface area contributed by atoms with Crippen LogP contribution in [0.1, 0.15) is 24.8 Å². The van der Waals surface area contributed by atoms with Crippen molar-refractivity contribution in [3.05, 3.63) is 66.2 Å². The van der Waals surface area contributed by atoms with Crippen molar-refractivity contribution < 1.29 is 14.3 Å². The zero-order chi connectivity index (χ0) is 18.2. The van der Waals surface area contributed by atoms with Crippen LogP contribution in [0.25, 0.3) is 6.08 Å². The summed E-state index contributed by atoms with van der Waals surface area (Å²) in [4.78, 5) is 13.4. The summed E-state index contributed by atoms with van der Waals surface area (Å²) in [6, 6.07) is 18.5. The highest BCUT2D eigenvalue weighted by Crippen LogP contribution is 2.24. The number of hydrogen-bond acceptors (Lipinski definition) is 4. The van der Waals surface area contributed by atoms with Gasteiger partial charge in [-0.2, -0.15) is 0 Å². The van der Waals surface area contributed by atoms with E-state index in [1.807, 2.05) is 42.5 Å². The molecule has 4 heteroatoms. The molecule has 0 spiro atoms. The Morgan fingerprint density at radius 2 is 1.92 bits per heavy atom. The fourth-order valence-electron chi connectivity index (χ4n) is 3.07. The maximum absolute atomic E-state index is 11.1. The van der Waals surface area contributed by atoms with Crippen LogP contribution < -0.4 is 9.64 Å². The fraction of sp³-hybridized carbons (Fsp3) is 0.318. The van der Waals surface area contributed by atoms with Crippen LogP contribution in [0.15, 0.2) is 60.7 Å². The van der Waals surface area contributed by atoms with E-state index in [2.05, 4.69) is 33.9 Å². The molecule has 0 radical (unpaired) electrons. The predicted octanol–water partition coefficient (Wildman–Crippen LogP) is 4.31. The Balaban J connectivity index is 1.49. The number of carbonyl (C=O) groups is 1. The van der Waals surface area contributed by atoms with E-state index in [9.17, 15) is 4.79 Å². The highest BCUT2D eigenvalue weighted by Gasteiger charge is 2.24. The zero-order valence-corrected chi connectivity index (χ0v) is 15.1. The molecule has 1 aliphatic heterocycles. The molecule has 0 saturated carbocycles. The van der Waals surface area contributed by atoms with E-state index in [1.54, 1.807) is 0 Å². The van der Waals surface area contributed by atoms with Crippen molar-refractivity contribution in [3.8, 4) is 5.75 Å². The molecule has 2 aromatic rings. The van der Waals surface area contributed by atoms with Crippen LogP contribution in [0, 0.1) is 0 Å². The summed E-state index contributed by atoms with van der Waals surface area (Å²) in [7, 11) is 1.42. The van der Waals surface area contributed by atoms with Crippen LogP contribution in [0.5, 0.6) is 5.75 Å². The summed E-state index contributed by atoms with van der Waals surface area (Å²) in [6.45, 7) is 1.91. The van der Waals surface area contributed by atoms with Crippen molar-refractivity contribution >= 4 is 17.7 Å². The second-order valence-corrected chi connectivity index (χ2v) is 6.40. The maximum atomic E-state index is 11.1. The molecule has 4 nitrogen and oxygen atoms in total. The highest BCUT2D eigenvalue weighted by molar-refractivity contribution is 5.69. The summed E-state index contributed by atoms with van der Waals surface area (Å²) in [5.74, 6) is 0.762. The minimum atomic E-state index is -0.175. The van der Waals surface area contributed by atoms with Crippen LogP contribution >= 0.6 is 0 Å². The van der Waals surface area contributed by atoms with Crippen LogP contribution in [0.3, 0.4) is 0 Å². The van der Waals surface area contributed by atoms with E-state index in [1.165, 1.54) is 12.8 Å². The Bertz CT molecular complexity index is 725. The lowest BCUT2D eigenvalue weighted by molar-refractivity contribution is -0.140. The molecule has 3 rings (SSSR count). The van der Waals surface area contributed by atoms with E-state index in [-0.39, 0.29) is 12.1 Å². The van der Waals surface area contributed by atoms with Crippen LogP contribution in [0.2, 0.25) is 0 Å². The first-order valence-electron chi connectivity index (χ1n) is 9.04. The van der Waals surface area contributed by atoms with Crippen molar-refractivity contribution in [2.24, 2.45) is 0 Å². The summed E-state index contributed by atoms with van der Waals surface area (Å²) in [5, 5.41) is 0. The Morgan fingerprint density at radius 1 is 1.15 bits per heavy atom. The fourth-order valence-corrected chi connectivity index (χ4v) is 3.07. The molecule has 1 aliphatic rings. The lowest BCUT2D eigenvalue weighted by Gasteiger charge is -2.19. The molecule has 0 bridgehead atoms. The lowest BCUT2D eigenvalue weighted by Crippen LogP contribution is -2.24. The van der Waals surface area contributed by atoms with Crippen molar-refractivity contribution in [3.63, 3.8) is 0 Å². The van der Waals surface area contributed by atoms with Crippen molar-refractivity contribution in [1.82, 2.24) is 0 Å². The number of benzene rings is 2. The van der Waals surface area contributed by atoms with E-state index in [0.717, 1.165) is 30.8 Å². The number of anilines is 1. The van der Waals surface area contributed by atoms with Gasteiger partial charge in [-0.1, -0.05) is 42.5 Å². The average Bonchev–Trinajstić information content (AvgIpc) is 3.14. The lowest BCUT2D eigenvalue weighted by atomic mass is 10.1. The standard InChI is InChI=1S/C22H25NO3/c1-25-22(24)10-6-5-7-18-11-13-19(14-12-18)23-16-15-21(17-23)26-20-8-3-2-4-9-20/h2-5,7-9,11-14,21H,6,10,15-17H2,1H3/b7-5+/t21-/m0/s1. The van der Waals surface area contributed by atoms with Crippen molar-refractivity contribution in [2.45, 2.75) is 25.4 Å². The SMILES string of the molecule is COC(=O)CC/C=C/c1ccc(N2CC[C@H](Oc3ccccc3)C2)cc1. The Labute approximate surface area is 155 Å². The number of carbonyl (C=O) groups excluding carboxylic acids is 1. The molecule has 0 aliphatic carbocycles. The molecule has 26 heavy (non-hydrogen) atoms. The first-order valence-corrected chi connectivity index (χ1v) is 9.04. The molecule has 0 amide bonds. The van der Waals surface area contributed by atoms with Gasteiger partial charge in [0.25, 0.3) is 0 Å². The number of esters is 1. The van der Waals surface area contributed by atoms with Crippen LogP contribution in [-0.2, 0) is 9.53 Å². The van der Waals surface area contributed by atoms with E-state index < -0.39 is 0 Å². The number of rotatable bonds is 7. The van der Waals surface area contributed by atoms with Gasteiger partial charge < -0.3 is 14.4 Å². The number of para-hydroxylation sites is 1. The number of hydrogen-bond donors (Lipinski definition) is 0. The molecule has 1 saturated heterocycles. The van der Waals surface area contributed by atoms with Gasteiger partial charge in [-0.15, -0.1) is 0 Å². The monoisotopic (exact) mass is 351 g/mol. The van der Waals surface area contributed by atoms with E-state index in [4.69, 9.17) is 4.74 Å². The zero-order valence-electron chi connectivity index (χ0n) is 15.1. The largest absolute Gasteiger partial charge is 0.489 e.